The molecule has 0 saturated carbocycles. The number of hydrogen-bond donors (Lipinski definition) is 3. The number of carbonyl (C=O) groups excluding carboxylic acids is 1. The molecule has 0 spiro atoms. The van der Waals surface area contributed by atoms with E-state index < -0.39 is 35.5 Å². The van der Waals surface area contributed by atoms with Crippen molar-refractivity contribution in [2.45, 2.75) is 13.1 Å². The largest absolute Gasteiger partial charge is 0.343 e. The molecule has 0 saturated heterocycles. The number of nitrogens with one attached hydrogen (secondary N) is 3. The summed E-state index contributed by atoms with van der Waals surface area (Å²) < 4.78 is 31.9. The lowest BCUT2D eigenvalue weighted by Gasteiger charge is -2.14. The zero-order valence-electron chi connectivity index (χ0n) is 23.0. The Morgan fingerprint density at radius 1 is 0.929 bits per heavy atom. The van der Waals surface area contributed by atoms with Gasteiger partial charge in [0.1, 0.15) is 23.0 Å². The quantitative estimate of drug-likeness (QED) is 0.240. The van der Waals surface area contributed by atoms with E-state index in [-0.39, 0.29) is 5.56 Å². The molecule has 3 aromatic carbocycles. The number of para-hydroxylation sites is 1. The number of thiophene rings is 1. The summed E-state index contributed by atoms with van der Waals surface area (Å²) >= 11 is 1.21. The molecule has 0 unspecified atom stereocenters. The fourth-order valence-electron chi connectivity index (χ4n) is 4.76. The number of rotatable bonds is 8. The summed E-state index contributed by atoms with van der Waals surface area (Å²) in [6, 6.07) is 18.4. The number of urea groups is 1. The van der Waals surface area contributed by atoms with Crippen LogP contribution in [0.15, 0.2) is 82.4 Å². The zero-order chi connectivity index (χ0) is 30.0. The first-order valence-electron chi connectivity index (χ1n) is 13.0. The van der Waals surface area contributed by atoms with Gasteiger partial charge in [-0.25, -0.2) is 28.4 Å². The lowest BCUT2D eigenvalue weighted by molar-refractivity contribution is -0.872. The van der Waals surface area contributed by atoms with Gasteiger partial charge in [-0.05, 0) is 42.0 Å². The van der Waals surface area contributed by atoms with Crippen LogP contribution in [-0.4, -0.2) is 36.4 Å². The molecule has 9 nitrogen and oxygen atoms in total. The first kappa shape index (κ1) is 28.9. The fourth-order valence-corrected chi connectivity index (χ4v) is 6.07. The molecule has 0 radical (unpaired) electrons. The fraction of sp³-hybridized carbons (Fsp3) is 0.167. The number of hydroxylamine groups is 1. The molecule has 0 aliphatic heterocycles. The van der Waals surface area contributed by atoms with E-state index in [2.05, 4.69) is 15.6 Å². The highest BCUT2D eigenvalue weighted by Crippen LogP contribution is 2.37. The van der Waals surface area contributed by atoms with Crippen molar-refractivity contribution in [2.24, 2.45) is 0 Å². The molecule has 5 rings (SSSR count). The third kappa shape index (κ3) is 5.59. The highest BCUT2D eigenvalue weighted by Gasteiger charge is 2.26. The van der Waals surface area contributed by atoms with Gasteiger partial charge < -0.3 is 10.2 Å². The molecule has 0 bridgehead atoms. The Hall–Kier alpha value is -4.65. The third-order valence-electron chi connectivity index (χ3n) is 6.60. The number of nitrogens with zero attached hydrogens (tertiary/aromatic N) is 2. The van der Waals surface area contributed by atoms with Gasteiger partial charge >= 0.3 is 11.7 Å². The average molecular weight is 593 g/mol. The van der Waals surface area contributed by atoms with E-state index in [4.69, 9.17) is 0 Å². The number of hydrogen-bond acceptors (Lipinski definition) is 5. The molecular weight excluding hydrogens is 564 g/mol. The van der Waals surface area contributed by atoms with Crippen LogP contribution in [0.5, 0.6) is 0 Å². The standard InChI is InChI=1S/C30H27F2N5O4S/c1-35(2)16-22-25-27(38)37(20-8-5-4-6-9-20)30(40)36(17-21-23(31)10-7-11-24(21)32)28(25)42-26(22)18-12-14-19(15-13-18)33-29(39)34-41-3/h4-15H,16-17H2,1-3H3,(H2,33,34,39)/p+1. The number of anilines is 1. The van der Waals surface area contributed by atoms with E-state index in [1.807, 2.05) is 14.1 Å². The third-order valence-corrected chi connectivity index (χ3v) is 7.90. The summed E-state index contributed by atoms with van der Waals surface area (Å²) in [5.74, 6) is -1.58. The van der Waals surface area contributed by atoms with Crippen molar-refractivity contribution in [3.8, 4) is 16.1 Å². The second-order valence-corrected chi connectivity index (χ2v) is 10.9. The summed E-state index contributed by atoms with van der Waals surface area (Å²) in [5.41, 5.74) is 2.97. The minimum atomic E-state index is -0.789. The van der Waals surface area contributed by atoms with Gasteiger partial charge in [-0.3, -0.25) is 14.2 Å². The molecule has 0 atom stereocenters. The molecule has 12 heteroatoms. The van der Waals surface area contributed by atoms with Crippen LogP contribution in [0, 0.1) is 11.6 Å². The van der Waals surface area contributed by atoms with Crippen LogP contribution in [0.1, 0.15) is 11.1 Å². The van der Waals surface area contributed by atoms with Gasteiger partial charge in [0, 0.05) is 21.7 Å². The van der Waals surface area contributed by atoms with Crippen molar-refractivity contribution in [1.29, 1.82) is 0 Å². The topological polar surface area (TPSA) is 98.8 Å². The highest BCUT2D eigenvalue weighted by atomic mass is 32.1. The second kappa shape index (κ2) is 12.1. The Kier molecular flexibility index (Phi) is 8.29. The number of aromatic nitrogens is 2. The van der Waals surface area contributed by atoms with E-state index in [1.54, 1.807) is 54.6 Å². The maximum atomic E-state index is 14.8. The zero-order valence-corrected chi connectivity index (χ0v) is 23.9. The monoisotopic (exact) mass is 592 g/mol. The van der Waals surface area contributed by atoms with E-state index in [9.17, 15) is 23.2 Å². The van der Waals surface area contributed by atoms with Gasteiger partial charge in [0.05, 0.1) is 38.8 Å². The molecule has 0 aliphatic carbocycles. The molecule has 2 heterocycles. The van der Waals surface area contributed by atoms with Gasteiger partial charge in [0.15, 0.2) is 0 Å². The summed E-state index contributed by atoms with van der Waals surface area (Å²) in [5, 5.41) is 2.94. The summed E-state index contributed by atoms with van der Waals surface area (Å²) in [6.45, 7) is 0.0223. The van der Waals surface area contributed by atoms with Crippen LogP contribution in [-0.2, 0) is 17.9 Å². The molecule has 3 N–H and O–H groups in total. The van der Waals surface area contributed by atoms with Gasteiger partial charge in [-0.1, -0.05) is 36.4 Å². The highest BCUT2D eigenvalue weighted by molar-refractivity contribution is 7.22. The number of halogens is 2. The van der Waals surface area contributed by atoms with Gasteiger partial charge in [-0.2, -0.15) is 0 Å². The normalized spacial score (nSPS) is 11.3. The van der Waals surface area contributed by atoms with Crippen LogP contribution >= 0.6 is 11.3 Å². The SMILES string of the molecule is CONC(=O)Nc1ccc(-c2sc3c(c2C[NH+](C)C)c(=O)n(-c2ccccc2)c(=O)n3Cc2c(F)cccc2F)cc1. The second-order valence-electron chi connectivity index (χ2n) is 9.86. The van der Waals surface area contributed by atoms with Crippen molar-refractivity contribution in [3.63, 3.8) is 0 Å². The molecule has 2 amide bonds. The molecule has 42 heavy (non-hydrogen) atoms. The predicted octanol–water partition coefficient (Wildman–Crippen LogP) is 3.53. The number of benzene rings is 3. The summed E-state index contributed by atoms with van der Waals surface area (Å²) in [4.78, 5) is 46.6. The van der Waals surface area contributed by atoms with Gasteiger partial charge in [-0.15, -0.1) is 11.3 Å². The smallest absolute Gasteiger partial charge is 0.336 e. The van der Waals surface area contributed by atoms with Gasteiger partial charge in [0.2, 0.25) is 0 Å². The Morgan fingerprint density at radius 3 is 2.21 bits per heavy atom. The summed E-state index contributed by atoms with van der Waals surface area (Å²) in [6.07, 6.45) is 0. The van der Waals surface area contributed by atoms with Crippen molar-refractivity contribution >= 4 is 33.3 Å². The number of amides is 2. The van der Waals surface area contributed by atoms with Gasteiger partial charge in [0.25, 0.3) is 5.56 Å². The molecule has 0 fully saturated rings. The Morgan fingerprint density at radius 2 is 1.60 bits per heavy atom. The van der Waals surface area contributed by atoms with E-state index in [0.717, 1.165) is 32.0 Å². The summed E-state index contributed by atoms with van der Waals surface area (Å²) in [7, 11) is 5.20. The lowest BCUT2D eigenvalue weighted by Crippen LogP contribution is -3.04. The average Bonchev–Trinajstić information content (AvgIpc) is 3.32. The van der Waals surface area contributed by atoms with Crippen LogP contribution in [0.3, 0.4) is 0 Å². The van der Waals surface area contributed by atoms with Crippen molar-refractivity contribution in [1.82, 2.24) is 14.6 Å². The maximum absolute atomic E-state index is 14.8. The van der Waals surface area contributed by atoms with E-state index in [0.29, 0.717) is 33.7 Å². The Labute approximate surface area is 243 Å². The van der Waals surface area contributed by atoms with E-state index in [1.165, 1.54) is 29.1 Å². The van der Waals surface area contributed by atoms with Crippen molar-refractivity contribution in [3.05, 3.63) is 116 Å². The molecule has 216 valence electrons. The minimum Gasteiger partial charge on any atom is -0.336 e. The molecule has 2 aromatic heterocycles. The van der Waals surface area contributed by atoms with Crippen molar-refractivity contribution in [2.75, 3.05) is 26.5 Å². The van der Waals surface area contributed by atoms with Crippen molar-refractivity contribution < 1.29 is 23.3 Å². The van der Waals surface area contributed by atoms with Crippen LogP contribution < -0.4 is 26.9 Å². The van der Waals surface area contributed by atoms with Crippen LogP contribution in [0.25, 0.3) is 26.3 Å². The minimum absolute atomic E-state index is 0.279. The molecule has 5 aromatic rings. The predicted molar refractivity (Wildman–Crippen MR) is 158 cm³/mol. The Balaban J connectivity index is 1.78. The molecule has 0 aliphatic rings. The van der Waals surface area contributed by atoms with E-state index >= 15 is 0 Å². The Bertz CT molecular complexity index is 1860. The number of fused-ring (bicyclic) bond motifs is 1. The van der Waals surface area contributed by atoms with Crippen LogP contribution in [0.4, 0.5) is 19.3 Å². The first-order valence-corrected chi connectivity index (χ1v) is 13.8. The maximum Gasteiger partial charge on any atom is 0.343 e. The first-order chi connectivity index (χ1) is 20.2. The lowest BCUT2D eigenvalue weighted by atomic mass is 10.1. The number of carbonyl (C=O) groups is 1. The number of quaternary nitrogens is 1. The van der Waals surface area contributed by atoms with Crippen LogP contribution in [0.2, 0.25) is 0 Å². The molecular formula is C30H28F2N5O4S+.